The topological polar surface area (TPSA) is 227 Å². The van der Waals surface area contributed by atoms with E-state index in [2.05, 4.69) is 49.1 Å². The van der Waals surface area contributed by atoms with Crippen LogP contribution in [0.3, 0.4) is 0 Å². The van der Waals surface area contributed by atoms with Gasteiger partial charge in [0.2, 0.25) is 0 Å². The first kappa shape index (κ1) is 105. The number of halogens is 14. The van der Waals surface area contributed by atoms with E-state index in [1.807, 2.05) is 58.4 Å². The first-order chi connectivity index (χ1) is 65.4. The van der Waals surface area contributed by atoms with Gasteiger partial charge in [-0.25, -0.2) is 19.9 Å². The molecule has 1 N–H and O–H groups in total. The molecule has 0 radical (unpaired) electrons. The van der Waals surface area contributed by atoms with Gasteiger partial charge in [0.05, 0.1) is 106 Å². The molecule has 4 saturated heterocycles. The van der Waals surface area contributed by atoms with Crippen molar-refractivity contribution in [1.29, 1.82) is 10.5 Å². The molecule has 34 heteroatoms. The van der Waals surface area contributed by atoms with Gasteiger partial charge in [-0.2, -0.15) is 36.9 Å². The van der Waals surface area contributed by atoms with Crippen LogP contribution in [0.4, 0.5) is 26.3 Å². The number of hydrogen-bond acceptors (Lipinski definition) is 12. The van der Waals surface area contributed by atoms with Crippen LogP contribution in [0.15, 0.2) is 122 Å². The number of carbonyl (C=O) groups excluding carboxylic acids is 4. The van der Waals surface area contributed by atoms with Gasteiger partial charge in [-0.05, 0) is 248 Å². The molecule has 728 valence electrons. The van der Waals surface area contributed by atoms with Crippen molar-refractivity contribution in [3.63, 3.8) is 0 Å². The number of hydrogen-bond donors (Lipinski definition) is 1. The monoisotopic (exact) mass is 2040 g/mol. The first-order valence-corrected chi connectivity index (χ1v) is 49.0. The zero-order valence-corrected chi connectivity index (χ0v) is 84.7. The highest BCUT2D eigenvalue weighted by molar-refractivity contribution is 6.40. The van der Waals surface area contributed by atoms with Gasteiger partial charge in [0.1, 0.15) is 34.7 Å². The fourth-order valence-electron chi connectivity index (χ4n) is 18.8. The predicted octanol–water partition coefficient (Wildman–Crippen LogP) is 26.8. The number of imidazole rings is 4. The van der Waals surface area contributed by atoms with E-state index in [1.54, 1.807) is 106 Å². The summed E-state index contributed by atoms with van der Waals surface area (Å²) in [4.78, 5) is 79.1. The first-order valence-electron chi connectivity index (χ1n) is 45.9. The van der Waals surface area contributed by atoms with Crippen molar-refractivity contribution in [2.75, 3.05) is 59.5 Å². The summed E-state index contributed by atoms with van der Waals surface area (Å²) in [5.74, 6) is 2.52. The summed E-state index contributed by atoms with van der Waals surface area (Å²) in [5, 5.41) is 31.0. The molecule has 4 amide bonds. The fourth-order valence-corrected chi connectivity index (χ4v) is 21.2. The highest BCUT2D eigenvalue weighted by Crippen LogP contribution is 2.42. The van der Waals surface area contributed by atoms with E-state index in [4.69, 9.17) is 108 Å². The van der Waals surface area contributed by atoms with Crippen LogP contribution in [0.25, 0.3) is 22.6 Å². The molecule has 138 heavy (non-hydrogen) atoms. The Kier molecular flexibility index (Phi) is 33.8. The molecular weight excluding hydrogens is 1940 g/mol. The van der Waals surface area contributed by atoms with Gasteiger partial charge in [0, 0.05) is 159 Å². The molecule has 0 unspecified atom stereocenters. The number of nitrogens with zero attached hydrogens (tertiary/aromatic N) is 14. The lowest BCUT2D eigenvalue weighted by Gasteiger charge is -2.32. The predicted molar refractivity (Wildman–Crippen MR) is 532 cm³/mol. The highest BCUT2D eigenvalue weighted by Gasteiger charge is 2.37. The van der Waals surface area contributed by atoms with Crippen LogP contribution in [-0.2, 0) is 42.8 Å². The van der Waals surface area contributed by atoms with Gasteiger partial charge in [0.15, 0.2) is 0 Å². The molecule has 4 aliphatic heterocycles. The molecule has 0 saturated carbocycles. The number of fused-ring (bicyclic) bond motifs is 4. The summed E-state index contributed by atoms with van der Waals surface area (Å²) in [6, 6.07) is 23.6. The normalized spacial score (nSPS) is 14.8. The number of aromatic nitrogens is 8. The molecule has 0 spiro atoms. The molecule has 12 aromatic rings. The van der Waals surface area contributed by atoms with Gasteiger partial charge in [-0.1, -0.05) is 139 Å². The summed E-state index contributed by atoms with van der Waals surface area (Å²) in [5.41, 5.74) is 14.5. The minimum atomic E-state index is -4.47. The van der Waals surface area contributed by atoms with Crippen molar-refractivity contribution in [2.45, 2.75) is 191 Å². The molecule has 16 rings (SSSR count). The number of carbonyl (C=O) groups is 4. The average molecular weight is 2050 g/mol. The maximum absolute atomic E-state index is 13.3. The standard InChI is InChI=1S/C27H28Cl2F3N3O2.C26H26Cl2F3N3O2.C26H28Cl2N4O.C25H26Cl2N4O/c1-15-11-19(27(30,31)32)14-35-17(3)23(33-25(15)35)13-21-22(28)6-5-20(24(21)29)26(36)34-9-7-18(8-10-34)12-16(2)37-4;1-14-10-18(26(29,30)31)13-34-16(3)22(32-24(14)34)12-20-21(27)5-4-19(23(20)28)25(36)33-8-6-17(7-9-33)11-15(2)35;1-4-5-18-8-10-31(11-9-18)26(33)20-6-7-22(27)21(24(20)28)13-23-17(3)32-15-19(14-29)12-16(2)25(32)30-23;1-4-17-7-9-30(10-8-17)25(32)19-5-6-21(26)20(23(19)27)12-22-16(3)31-14-18(13-28)11-15(2)24(31)29-22/h5-6,11,14,18H,2,7-10,12-13H2,1,3-4H3;4-5,10,13,17,35H,2,6-9,11-12H2,1,3H3;6-7,12,15,18H,4-5,8-11,13H2,1-3H3;5-6,11,14,17H,4,7-10,12H2,1-3H3. The molecule has 0 bridgehead atoms. The maximum atomic E-state index is 13.3. The summed E-state index contributed by atoms with van der Waals surface area (Å²) < 4.78 is 91.9. The average Bonchev–Trinajstić information content (AvgIpc) is 1.61. The van der Waals surface area contributed by atoms with Crippen molar-refractivity contribution in [3.05, 3.63) is 297 Å². The molecule has 4 aliphatic rings. The number of aliphatic hydroxyl groups excluding tert-OH is 1. The Morgan fingerprint density at radius 3 is 0.928 bits per heavy atom. The number of methoxy groups -OCH3 is 1. The lowest BCUT2D eigenvalue weighted by atomic mass is 9.92. The lowest BCUT2D eigenvalue weighted by Crippen LogP contribution is -2.38. The number of aryl methyl sites for hydroxylation is 8. The maximum Gasteiger partial charge on any atom is 0.417 e. The van der Waals surface area contributed by atoms with Gasteiger partial charge in [-0.3, -0.25) is 19.2 Å². The highest BCUT2D eigenvalue weighted by atomic mass is 35.5. The summed E-state index contributed by atoms with van der Waals surface area (Å²) in [7, 11) is 1.61. The van der Waals surface area contributed by atoms with Gasteiger partial charge in [-0.15, -0.1) is 0 Å². The molecule has 4 aromatic carbocycles. The zero-order chi connectivity index (χ0) is 100. The van der Waals surface area contributed by atoms with Crippen molar-refractivity contribution in [3.8, 4) is 12.1 Å². The minimum absolute atomic E-state index is 0.0332. The fraction of sp³-hybridized carbons (Fsp3) is 0.404. The third-order valence-electron chi connectivity index (χ3n) is 27.1. The van der Waals surface area contributed by atoms with Gasteiger partial charge in [0.25, 0.3) is 23.6 Å². The van der Waals surface area contributed by atoms with Crippen LogP contribution < -0.4 is 0 Å². The zero-order valence-electron chi connectivity index (χ0n) is 78.7. The van der Waals surface area contributed by atoms with Crippen LogP contribution in [0.1, 0.15) is 251 Å². The molecule has 8 aromatic heterocycles. The van der Waals surface area contributed by atoms with Gasteiger partial charge >= 0.3 is 12.4 Å². The molecule has 4 fully saturated rings. The van der Waals surface area contributed by atoms with Crippen molar-refractivity contribution >= 4 is 139 Å². The molecule has 0 aliphatic carbocycles. The quantitative estimate of drug-likeness (QED) is 0.0555. The number of piperidine rings is 4. The SMILES string of the molecule is C=C(CC1CCN(C(=O)c2ccc(Cl)c(Cc3nc4c(C)cc(C(F)(F)F)cn4c3C)c2Cl)CC1)OC.C=C(O)CC1CCN(C(=O)c2ccc(Cl)c(Cc3nc4c(C)cc(C(F)(F)F)cn4c3C)c2Cl)CC1.CCC1CCN(C(=O)c2ccc(Cl)c(Cc3nc4c(C)cc(C#N)cn4c3C)c2Cl)CC1.CCCC1CCN(C(=O)c2ccc(Cl)c(Cc3nc4c(C)cc(C#N)cn4c3C)c2Cl)CC1. The van der Waals surface area contributed by atoms with Crippen LogP contribution >= 0.6 is 92.8 Å². The Bertz CT molecular complexity index is 6790. The van der Waals surface area contributed by atoms with Crippen molar-refractivity contribution in [1.82, 2.24) is 57.1 Å². The van der Waals surface area contributed by atoms with E-state index < -0.39 is 23.5 Å². The second-order valence-electron chi connectivity index (χ2n) is 36.3. The van der Waals surface area contributed by atoms with E-state index in [-0.39, 0.29) is 58.2 Å². The Hall–Kier alpha value is -10.5. The van der Waals surface area contributed by atoms with Crippen molar-refractivity contribution in [2.24, 2.45) is 23.7 Å². The Morgan fingerprint density at radius 1 is 0.413 bits per heavy atom. The van der Waals surface area contributed by atoms with Crippen LogP contribution in [0, 0.1) is 102 Å². The number of allylic oxidation sites excluding steroid dienone is 2. The number of aliphatic hydroxyl groups is 1. The second-order valence-corrected chi connectivity index (χ2v) is 39.5. The lowest BCUT2D eigenvalue weighted by molar-refractivity contribution is -0.138. The Morgan fingerprint density at radius 2 is 0.674 bits per heavy atom. The molecule has 12 heterocycles. The number of likely N-dealkylation sites (tertiary alicyclic amines) is 4. The molecular formula is C104H108Cl8F6N14O6. The summed E-state index contributed by atoms with van der Waals surface area (Å²) in [6.45, 7) is 31.5. The Balaban J connectivity index is 0.000000156. The third-order valence-corrected chi connectivity index (χ3v) is 30.3. The number of nitriles is 2. The van der Waals surface area contributed by atoms with Crippen LogP contribution in [0.5, 0.6) is 0 Å². The number of amides is 4. The number of ether oxygens (including phenoxy) is 1. The minimum Gasteiger partial charge on any atom is -0.513 e. The van der Waals surface area contributed by atoms with E-state index >= 15 is 0 Å². The summed E-state index contributed by atoms with van der Waals surface area (Å²) >= 11 is 52.9. The Labute approximate surface area is 839 Å². The van der Waals surface area contributed by atoms with Crippen LogP contribution in [-0.4, -0.2) is 145 Å². The van der Waals surface area contributed by atoms with E-state index in [0.717, 1.165) is 166 Å². The third kappa shape index (κ3) is 23.4. The number of rotatable bonds is 20. The van der Waals surface area contributed by atoms with Crippen LogP contribution in [0.2, 0.25) is 40.2 Å². The van der Waals surface area contributed by atoms with E-state index in [0.29, 0.717) is 194 Å². The number of benzene rings is 4. The second kappa shape index (κ2) is 44.5. The van der Waals surface area contributed by atoms with E-state index in [9.17, 15) is 61.2 Å². The smallest absolute Gasteiger partial charge is 0.417 e. The number of pyridine rings is 4. The molecule has 0 atom stereocenters. The van der Waals surface area contributed by atoms with Gasteiger partial charge < -0.3 is 47.0 Å². The number of alkyl halides is 6. The van der Waals surface area contributed by atoms with Crippen molar-refractivity contribution < 1.29 is 55.4 Å². The molecule has 20 nitrogen and oxygen atoms in total. The van der Waals surface area contributed by atoms with E-state index in [1.165, 1.54) is 21.6 Å². The largest absolute Gasteiger partial charge is 0.513 e. The summed E-state index contributed by atoms with van der Waals surface area (Å²) in [6.07, 6.45) is 10.1.